The summed E-state index contributed by atoms with van der Waals surface area (Å²) >= 11 is 7.31. The molecule has 0 aliphatic carbocycles. The highest BCUT2D eigenvalue weighted by molar-refractivity contribution is 7.16. The van der Waals surface area contributed by atoms with Crippen LogP contribution < -0.4 is 0 Å². The minimum atomic E-state index is -0.0782. The molecule has 0 unspecified atom stereocenters. The van der Waals surface area contributed by atoms with Crippen LogP contribution in [0.3, 0.4) is 0 Å². The monoisotopic (exact) mass is 229 g/mol. The van der Waals surface area contributed by atoms with Gasteiger partial charge >= 0.3 is 0 Å². The Labute approximate surface area is 89.8 Å². The van der Waals surface area contributed by atoms with Crippen molar-refractivity contribution in [1.29, 1.82) is 0 Å². The summed E-state index contributed by atoms with van der Waals surface area (Å²) in [6, 6.07) is 3.80. The largest absolute Gasteiger partial charge is 0.390 e. The van der Waals surface area contributed by atoms with Crippen LogP contribution in [-0.2, 0) is 13.2 Å². The Morgan fingerprint density at radius 2 is 2.36 bits per heavy atom. The van der Waals surface area contributed by atoms with Gasteiger partial charge in [0.15, 0.2) is 0 Å². The Morgan fingerprint density at radius 3 is 2.93 bits per heavy atom. The molecule has 0 aromatic carbocycles. The number of hydrogen-bond acceptors (Lipinski definition) is 4. The molecule has 0 aliphatic rings. The van der Waals surface area contributed by atoms with Crippen molar-refractivity contribution >= 4 is 22.9 Å². The predicted molar refractivity (Wildman–Crippen MR) is 54.4 cm³/mol. The Morgan fingerprint density at radius 1 is 1.50 bits per heavy atom. The second-order valence-electron chi connectivity index (χ2n) is 2.77. The molecule has 0 amide bonds. The average Bonchev–Trinajstić information content (AvgIpc) is 2.76. The van der Waals surface area contributed by atoms with E-state index in [1.807, 2.05) is 12.1 Å². The molecular formula is C8H8ClN3OS. The number of aromatic nitrogens is 3. The number of nitrogens with zero attached hydrogens (tertiary/aromatic N) is 3. The number of halogens is 1. The van der Waals surface area contributed by atoms with Gasteiger partial charge in [0.05, 0.1) is 23.7 Å². The quantitative estimate of drug-likeness (QED) is 0.869. The van der Waals surface area contributed by atoms with Crippen molar-refractivity contribution in [2.45, 2.75) is 13.2 Å². The number of aliphatic hydroxyl groups excluding tert-OH is 1. The molecule has 0 aliphatic heterocycles. The van der Waals surface area contributed by atoms with Gasteiger partial charge in [0.2, 0.25) is 0 Å². The molecule has 4 nitrogen and oxygen atoms in total. The minimum absolute atomic E-state index is 0.0782. The Bertz CT molecular complexity index is 426. The highest BCUT2D eigenvalue weighted by Crippen LogP contribution is 2.21. The first-order valence-electron chi connectivity index (χ1n) is 4.02. The zero-order chi connectivity index (χ0) is 9.97. The lowest BCUT2D eigenvalue weighted by Crippen LogP contribution is -1.97. The van der Waals surface area contributed by atoms with E-state index in [1.165, 1.54) is 11.3 Å². The first-order valence-corrected chi connectivity index (χ1v) is 5.21. The first kappa shape index (κ1) is 9.64. The van der Waals surface area contributed by atoms with Crippen molar-refractivity contribution in [2.75, 3.05) is 0 Å². The van der Waals surface area contributed by atoms with Crippen molar-refractivity contribution in [3.05, 3.63) is 33.2 Å². The lowest BCUT2D eigenvalue weighted by Gasteiger charge is -1.94. The van der Waals surface area contributed by atoms with Gasteiger partial charge in [0, 0.05) is 4.88 Å². The average molecular weight is 230 g/mol. The van der Waals surface area contributed by atoms with Crippen LogP contribution in [0.4, 0.5) is 0 Å². The summed E-state index contributed by atoms with van der Waals surface area (Å²) in [4.78, 5) is 1.12. The van der Waals surface area contributed by atoms with Crippen molar-refractivity contribution < 1.29 is 5.11 Å². The number of rotatable bonds is 3. The highest BCUT2D eigenvalue weighted by atomic mass is 35.5. The number of aliphatic hydroxyl groups is 1. The minimum Gasteiger partial charge on any atom is -0.390 e. The smallest absolute Gasteiger partial charge is 0.108 e. The summed E-state index contributed by atoms with van der Waals surface area (Å²) in [6.45, 7) is 0.565. The van der Waals surface area contributed by atoms with Crippen LogP contribution in [0, 0.1) is 0 Å². The fraction of sp³-hybridized carbons (Fsp3) is 0.250. The zero-order valence-corrected chi connectivity index (χ0v) is 8.79. The standard InChI is InChI=1S/C8H8ClN3OS/c9-8-2-1-7(14-8)4-12-3-6(5-13)10-11-12/h1-3,13H,4-5H2. The normalized spacial score (nSPS) is 10.7. The molecule has 0 saturated carbocycles. The molecule has 74 valence electrons. The van der Waals surface area contributed by atoms with Gasteiger partial charge in [-0.05, 0) is 12.1 Å². The first-order chi connectivity index (χ1) is 6.78. The molecule has 2 heterocycles. The molecule has 2 aromatic heterocycles. The maximum Gasteiger partial charge on any atom is 0.108 e. The van der Waals surface area contributed by atoms with E-state index in [9.17, 15) is 0 Å². The molecule has 14 heavy (non-hydrogen) atoms. The third-order valence-corrected chi connectivity index (χ3v) is 2.91. The van der Waals surface area contributed by atoms with Crippen LogP contribution >= 0.6 is 22.9 Å². The van der Waals surface area contributed by atoms with Gasteiger partial charge in [0.1, 0.15) is 5.69 Å². The fourth-order valence-electron chi connectivity index (χ4n) is 1.08. The number of hydrogen-bond donors (Lipinski definition) is 1. The third-order valence-electron chi connectivity index (χ3n) is 1.69. The predicted octanol–water partition coefficient (Wildman–Crippen LogP) is 1.53. The molecule has 2 rings (SSSR count). The van der Waals surface area contributed by atoms with Crippen LogP contribution in [0.5, 0.6) is 0 Å². The van der Waals surface area contributed by atoms with Crippen molar-refractivity contribution in [3.8, 4) is 0 Å². The van der Waals surface area contributed by atoms with E-state index in [0.717, 1.165) is 9.21 Å². The van der Waals surface area contributed by atoms with Crippen LogP contribution in [0.1, 0.15) is 10.6 Å². The molecule has 0 bridgehead atoms. The summed E-state index contributed by atoms with van der Waals surface area (Å²) < 4.78 is 2.44. The molecule has 0 atom stereocenters. The highest BCUT2D eigenvalue weighted by Gasteiger charge is 2.02. The van der Waals surface area contributed by atoms with Gasteiger partial charge in [-0.25, -0.2) is 4.68 Å². The number of thiophene rings is 1. The summed E-state index contributed by atoms with van der Waals surface area (Å²) in [5.41, 5.74) is 0.577. The molecule has 0 radical (unpaired) electrons. The maximum absolute atomic E-state index is 8.79. The van der Waals surface area contributed by atoms with Gasteiger partial charge in [-0.3, -0.25) is 0 Å². The van der Waals surface area contributed by atoms with Gasteiger partial charge in [-0.1, -0.05) is 16.8 Å². The van der Waals surface area contributed by atoms with Crippen LogP contribution in [0.2, 0.25) is 4.34 Å². The molecule has 0 spiro atoms. The van der Waals surface area contributed by atoms with Crippen LogP contribution in [-0.4, -0.2) is 20.1 Å². The van der Waals surface area contributed by atoms with E-state index in [4.69, 9.17) is 16.7 Å². The SMILES string of the molecule is OCc1cn(Cc2ccc(Cl)s2)nn1. The lowest BCUT2D eigenvalue weighted by molar-refractivity contribution is 0.276. The van der Waals surface area contributed by atoms with E-state index >= 15 is 0 Å². The topological polar surface area (TPSA) is 50.9 Å². The summed E-state index contributed by atoms with van der Waals surface area (Å²) in [5.74, 6) is 0. The Balaban J connectivity index is 2.10. The summed E-state index contributed by atoms with van der Waals surface area (Å²) in [5, 5.41) is 16.4. The Hall–Kier alpha value is -0.910. The molecule has 1 N–H and O–H groups in total. The van der Waals surface area contributed by atoms with Gasteiger partial charge in [0.25, 0.3) is 0 Å². The lowest BCUT2D eigenvalue weighted by atomic mass is 10.4. The molecule has 0 saturated heterocycles. The van der Waals surface area contributed by atoms with E-state index in [2.05, 4.69) is 10.3 Å². The third kappa shape index (κ3) is 2.12. The molecular weight excluding hydrogens is 222 g/mol. The van der Waals surface area contributed by atoms with E-state index in [-0.39, 0.29) is 6.61 Å². The second kappa shape index (κ2) is 4.08. The van der Waals surface area contributed by atoms with Gasteiger partial charge in [-0.2, -0.15) is 0 Å². The Kier molecular flexibility index (Phi) is 2.81. The van der Waals surface area contributed by atoms with Crippen LogP contribution in [0.25, 0.3) is 0 Å². The van der Waals surface area contributed by atoms with Gasteiger partial charge in [-0.15, -0.1) is 16.4 Å². The van der Waals surface area contributed by atoms with Crippen molar-refractivity contribution in [2.24, 2.45) is 0 Å². The summed E-state index contributed by atoms with van der Waals surface area (Å²) in [6.07, 6.45) is 1.72. The summed E-state index contributed by atoms with van der Waals surface area (Å²) in [7, 11) is 0. The van der Waals surface area contributed by atoms with E-state index in [1.54, 1.807) is 10.9 Å². The zero-order valence-electron chi connectivity index (χ0n) is 7.22. The second-order valence-corrected chi connectivity index (χ2v) is 4.57. The fourth-order valence-corrected chi connectivity index (χ4v) is 2.16. The molecule has 2 aromatic rings. The van der Waals surface area contributed by atoms with Crippen molar-refractivity contribution in [1.82, 2.24) is 15.0 Å². The van der Waals surface area contributed by atoms with E-state index < -0.39 is 0 Å². The maximum atomic E-state index is 8.79. The van der Waals surface area contributed by atoms with Gasteiger partial charge < -0.3 is 5.11 Å². The van der Waals surface area contributed by atoms with Crippen molar-refractivity contribution in [3.63, 3.8) is 0 Å². The van der Waals surface area contributed by atoms with E-state index in [0.29, 0.717) is 12.2 Å². The van der Waals surface area contributed by atoms with Crippen LogP contribution in [0.15, 0.2) is 18.3 Å². The molecule has 0 fully saturated rings. The molecule has 6 heteroatoms.